The van der Waals surface area contributed by atoms with E-state index in [9.17, 15) is 9.59 Å². The van der Waals surface area contributed by atoms with E-state index in [0.29, 0.717) is 36.6 Å². The Morgan fingerprint density at radius 1 is 1.24 bits per heavy atom. The topological polar surface area (TPSA) is 73.5 Å². The van der Waals surface area contributed by atoms with Gasteiger partial charge in [0.1, 0.15) is 11.5 Å². The highest BCUT2D eigenvalue weighted by Crippen LogP contribution is 2.45. The fourth-order valence-corrected chi connectivity index (χ4v) is 6.41. The number of hydrogen-bond donors (Lipinski definition) is 1. The number of pyridine rings is 1. The van der Waals surface area contributed by atoms with Crippen LogP contribution in [-0.4, -0.2) is 75.3 Å². The molecule has 0 bridgehead atoms. The molecule has 5 heterocycles. The summed E-state index contributed by atoms with van der Waals surface area (Å²) in [6.07, 6.45) is 9.25. The lowest BCUT2D eigenvalue weighted by Gasteiger charge is -2.28. The molecule has 0 unspecified atom stereocenters. The predicted octanol–water partition coefficient (Wildman–Crippen LogP) is 4.24. The Morgan fingerprint density at radius 2 is 2.07 bits per heavy atom. The summed E-state index contributed by atoms with van der Waals surface area (Å²) in [4.78, 5) is 34.3. The van der Waals surface area contributed by atoms with E-state index in [1.54, 1.807) is 24.9 Å². The fourth-order valence-electron chi connectivity index (χ4n) is 6.41. The van der Waals surface area contributed by atoms with Crippen LogP contribution in [0.25, 0.3) is 16.6 Å². The minimum Gasteiger partial charge on any atom is -0.383 e. The molecule has 8 nitrogen and oxygen atoms in total. The fraction of sp³-hybridized carbons (Fsp3) is 0.364. The largest absolute Gasteiger partial charge is 0.432 e. The van der Waals surface area contributed by atoms with Crippen LogP contribution in [0.15, 0.2) is 53.9 Å². The van der Waals surface area contributed by atoms with Gasteiger partial charge in [0.05, 0.1) is 22.7 Å². The average molecular weight is 566 g/mol. The second kappa shape index (κ2) is 10.2. The molecule has 7 rings (SSSR count). The van der Waals surface area contributed by atoms with E-state index in [2.05, 4.69) is 37.8 Å². The van der Waals surface area contributed by atoms with E-state index in [1.165, 1.54) is 11.0 Å². The molecule has 0 spiro atoms. The second-order valence-electron chi connectivity index (χ2n) is 11.9. The number of nitrogens with zero attached hydrogens (tertiary/aromatic N) is 5. The molecule has 3 aromatic rings. The first-order valence-electron chi connectivity index (χ1n) is 14.6. The molecular weight excluding hydrogens is 531 g/mol. The van der Waals surface area contributed by atoms with Crippen LogP contribution in [0.5, 0.6) is 0 Å². The number of halogens is 1. The lowest BCUT2D eigenvalue weighted by atomic mass is 9.90. The van der Waals surface area contributed by atoms with Crippen LogP contribution in [-0.2, 0) is 18.4 Å². The number of allylic oxidation sites excluding steroid dienone is 1. The number of rotatable bonds is 6. The number of aryl methyl sites for hydroxylation is 1. The van der Waals surface area contributed by atoms with Crippen molar-refractivity contribution in [2.75, 3.05) is 33.7 Å². The first kappa shape index (κ1) is 26.6. The minimum absolute atomic E-state index is 0.0407. The summed E-state index contributed by atoms with van der Waals surface area (Å²) in [5, 5.41) is 4.16. The van der Waals surface area contributed by atoms with Crippen LogP contribution in [0.4, 0.5) is 10.1 Å². The molecule has 3 aliphatic heterocycles. The van der Waals surface area contributed by atoms with Crippen molar-refractivity contribution in [2.45, 2.75) is 38.1 Å². The van der Waals surface area contributed by atoms with Gasteiger partial charge in [-0.3, -0.25) is 9.69 Å². The van der Waals surface area contributed by atoms with Gasteiger partial charge in [0, 0.05) is 82.8 Å². The Hall–Kier alpha value is -4.33. The SMILES string of the molecule is CN(C)C(=O)c1cc(F)c(C2=CCN(Cc3cc4c([N+]5=C=CC6=C(CCN6)C5=O)ccnc4n3C)CC2)c(C2CC2)c1. The Morgan fingerprint density at radius 3 is 2.81 bits per heavy atom. The molecule has 2 amide bonds. The Bertz CT molecular complexity index is 1800. The monoisotopic (exact) mass is 565 g/mol. The molecule has 0 radical (unpaired) electrons. The van der Waals surface area contributed by atoms with Crippen molar-refractivity contribution in [3.8, 4) is 0 Å². The Balaban J connectivity index is 1.14. The lowest BCUT2D eigenvalue weighted by Crippen LogP contribution is -2.29. The molecule has 42 heavy (non-hydrogen) atoms. The molecule has 214 valence electrons. The zero-order valence-corrected chi connectivity index (χ0v) is 24.2. The first-order chi connectivity index (χ1) is 20.3. The molecule has 1 N–H and O–H groups in total. The number of benzene rings is 1. The predicted molar refractivity (Wildman–Crippen MR) is 159 cm³/mol. The maximum atomic E-state index is 15.5. The van der Waals surface area contributed by atoms with Gasteiger partial charge in [0.25, 0.3) is 5.91 Å². The van der Waals surface area contributed by atoms with Gasteiger partial charge in [0.15, 0.2) is 5.87 Å². The van der Waals surface area contributed by atoms with Crippen LogP contribution >= 0.6 is 0 Å². The van der Waals surface area contributed by atoms with Crippen molar-refractivity contribution < 1.29 is 18.6 Å². The minimum atomic E-state index is -0.300. The van der Waals surface area contributed by atoms with E-state index < -0.39 is 0 Å². The van der Waals surface area contributed by atoms with E-state index in [4.69, 9.17) is 0 Å². The van der Waals surface area contributed by atoms with E-state index in [0.717, 1.165) is 77.2 Å². The third-order valence-corrected chi connectivity index (χ3v) is 8.85. The smallest absolute Gasteiger partial charge is 0.383 e. The lowest BCUT2D eigenvalue weighted by molar-refractivity contribution is -0.354. The third kappa shape index (κ3) is 4.49. The van der Waals surface area contributed by atoms with E-state index in [-0.39, 0.29) is 17.6 Å². The van der Waals surface area contributed by atoms with Gasteiger partial charge in [-0.15, -0.1) is 0 Å². The zero-order chi connectivity index (χ0) is 29.1. The number of nitrogens with one attached hydrogen (secondary N) is 1. The number of aromatic nitrogens is 2. The first-order valence-corrected chi connectivity index (χ1v) is 14.6. The van der Waals surface area contributed by atoms with Crippen LogP contribution in [0, 0.1) is 5.82 Å². The van der Waals surface area contributed by atoms with Crippen molar-refractivity contribution in [3.63, 3.8) is 0 Å². The highest BCUT2D eigenvalue weighted by molar-refractivity contribution is 5.98. The highest BCUT2D eigenvalue weighted by atomic mass is 19.1. The number of carbonyl (C=O) groups excluding carboxylic acids is 2. The van der Waals surface area contributed by atoms with Gasteiger partial charge < -0.3 is 14.8 Å². The van der Waals surface area contributed by atoms with Crippen molar-refractivity contribution >= 4 is 40.0 Å². The van der Waals surface area contributed by atoms with Crippen LogP contribution in [0.3, 0.4) is 0 Å². The molecule has 1 fully saturated rings. The number of fused-ring (bicyclic) bond motifs is 1. The quantitative estimate of drug-likeness (QED) is 0.453. The molecule has 0 saturated heterocycles. The summed E-state index contributed by atoms with van der Waals surface area (Å²) in [5.41, 5.74) is 7.46. The van der Waals surface area contributed by atoms with Crippen LogP contribution < -0.4 is 5.32 Å². The molecule has 1 saturated carbocycles. The van der Waals surface area contributed by atoms with Crippen molar-refractivity contribution in [2.24, 2.45) is 7.05 Å². The van der Waals surface area contributed by atoms with E-state index in [1.807, 2.05) is 25.3 Å². The summed E-state index contributed by atoms with van der Waals surface area (Å²) < 4.78 is 19.2. The van der Waals surface area contributed by atoms with Crippen molar-refractivity contribution in [3.05, 3.63) is 82.1 Å². The summed E-state index contributed by atoms with van der Waals surface area (Å²) >= 11 is 0. The van der Waals surface area contributed by atoms with Gasteiger partial charge in [-0.25, -0.2) is 14.2 Å². The maximum Gasteiger partial charge on any atom is 0.432 e. The van der Waals surface area contributed by atoms with Crippen LogP contribution in [0.1, 0.15) is 58.8 Å². The molecule has 2 aromatic heterocycles. The average Bonchev–Trinajstić information content (AvgIpc) is 3.64. The standard InChI is InChI=1S/C33H33FN6O2/c1-37(2)32(41)22-16-25(20-4-5-20)30(27(34)17-22)21-8-13-39(14-9-21)19-23-18-26-29(7-12-36-31(26)38(23)3)40-15-10-28-24(33(40)42)6-11-35-28/h7-8,10,12,16-18,20H,4-6,9,11,13-14,19H2,1-3H3/p+1. The molecular formula is C33H34FN6O2+. The maximum absolute atomic E-state index is 15.5. The van der Waals surface area contributed by atoms with Gasteiger partial charge >= 0.3 is 5.91 Å². The van der Waals surface area contributed by atoms with Gasteiger partial charge in [-0.1, -0.05) is 10.7 Å². The van der Waals surface area contributed by atoms with Crippen molar-refractivity contribution in [1.82, 2.24) is 24.7 Å². The molecule has 1 aliphatic carbocycles. The van der Waals surface area contributed by atoms with Crippen molar-refractivity contribution in [1.29, 1.82) is 0 Å². The molecule has 0 atom stereocenters. The summed E-state index contributed by atoms with van der Waals surface area (Å²) in [6.45, 7) is 2.97. The molecule has 9 heteroatoms. The number of carbonyl (C=O) groups is 2. The highest BCUT2D eigenvalue weighted by Gasteiger charge is 2.35. The normalized spacial score (nSPS) is 18.7. The van der Waals surface area contributed by atoms with Gasteiger partial charge in [0.2, 0.25) is 5.69 Å². The number of hydrogen-bond acceptors (Lipinski definition) is 5. The van der Waals surface area contributed by atoms with E-state index >= 15 is 4.39 Å². The molecule has 4 aliphatic rings. The van der Waals surface area contributed by atoms with Crippen LogP contribution in [0.2, 0.25) is 0 Å². The number of amides is 2. The summed E-state index contributed by atoms with van der Waals surface area (Å²) in [6, 6.07) is 7.30. The Kier molecular flexibility index (Phi) is 6.44. The van der Waals surface area contributed by atoms with Gasteiger partial charge in [-0.05, 0) is 54.5 Å². The summed E-state index contributed by atoms with van der Waals surface area (Å²) in [5.74, 6) is 2.96. The van der Waals surface area contributed by atoms with Gasteiger partial charge in [-0.2, -0.15) is 0 Å². The third-order valence-electron chi connectivity index (χ3n) is 8.85. The molecule has 1 aromatic carbocycles. The second-order valence-corrected chi connectivity index (χ2v) is 11.9. The zero-order valence-electron chi connectivity index (χ0n) is 24.2. The Labute approximate surface area is 244 Å². The summed E-state index contributed by atoms with van der Waals surface area (Å²) in [7, 11) is 5.39.